The number of aliphatic carboxylic acids is 1. The smallest absolute Gasteiger partial charge is 0.317 e. The van der Waals surface area contributed by atoms with Crippen molar-refractivity contribution in [3.05, 3.63) is 0 Å². The fourth-order valence-corrected chi connectivity index (χ4v) is 1.35. The summed E-state index contributed by atoms with van der Waals surface area (Å²) in [5, 5.41) is 8.82. The van der Waals surface area contributed by atoms with E-state index in [9.17, 15) is 4.79 Å². The molecule has 0 aliphatic carbocycles. The Balaban J connectivity index is 4.23. The Hall–Kier alpha value is -0.610. The second-order valence-electron chi connectivity index (χ2n) is 4.65. The molecule has 0 fully saturated rings. The molecular weight excluding hydrogens is 192 g/mol. The quantitative estimate of drug-likeness (QED) is 0.689. The van der Waals surface area contributed by atoms with Gasteiger partial charge in [0.05, 0.1) is 6.54 Å². The van der Waals surface area contributed by atoms with E-state index in [-0.39, 0.29) is 6.54 Å². The summed E-state index contributed by atoms with van der Waals surface area (Å²) in [6, 6.07) is 0.307. The van der Waals surface area contributed by atoms with Crippen LogP contribution in [0.5, 0.6) is 0 Å². The van der Waals surface area contributed by atoms with Crippen molar-refractivity contribution < 1.29 is 9.90 Å². The Labute approximate surface area is 92.9 Å². The fourth-order valence-electron chi connectivity index (χ4n) is 1.35. The molecule has 0 aromatic rings. The van der Waals surface area contributed by atoms with E-state index >= 15 is 0 Å². The molecule has 0 aliphatic rings. The van der Waals surface area contributed by atoms with Gasteiger partial charge in [-0.1, -0.05) is 13.8 Å². The van der Waals surface area contributed by atoms with Gasteiger partial charge in [0, 0.05) is 19.1 Å². The first-order valence-electron chi connectivity index (χ1n) is 5.45. The molecule has 0 spiro atoms. The van der Waals surface area contributed by atoms with Crippen molar-refractivity contribution in [3.8, 4) is 0 Å². The number of hydrogen-bond donors (Lipinski definition) is 1. The van der Waals surface area contributed by atoms with Gasteiger partial charge in [-0.3, -0.25) is 9.69 Å². The highest BCUT2D eigenvalue weighted by Gasteiger charge is 2.19. The number of carboxylic acids is 1. The summed E-state index contributed by atoms with van der Waals surface area (Å²) in [4.78, 5) is 14.8. The Bertz CT molecular complexity index is 193. The lowest BCUT2D eigenvalue weighted by atomic mass is 10.0. The van der Waals surface area contributed by atoms with Crippen molar-refractivity contribution in [2.75, 3.05) is 33.7 Å². The van der Waals surface area contributed by atoms with E-state index in [4.69, 9.17) is 5.11 Å². The van der Waals surface area contributed by atoms with Crippen molar-refractivity contribution in [1.82, 2.24) is 9.80 Å². The first kappa shape index (κ1) is 14.4. The van der Waals surface area contributed by atoms with Crippen LogP contribution in [0.2, 0.25) is 0 Å². The topological polar surface area (TPSA) is 43.8 Å². The lowest BCUT2D eigenvalue weighted by Gasteiger charge is -2.31. The maximum atomic E-state index is 10.7. The summed E-state index contributed by atoms with van der Waals surface area (Å²) < 4.78 is 0. The lowest BCUT2D eigenvalue weighted by Crippen LogP contribution is -2.43. The van der Waals surface area contributed by atoms with Crippen LogP contribution in [0.25, 0.3) is 0 Å². The minimum absolute atomic E-state index is 0.132. The first-order chi connectivity index (χ1) is 6.84. The second kappa shape index (κ2) is 6.80. The molecular formula is C11H24N2O2. The van der Waals surface area contributed by atoms with E-state index in [2.05, 4.69) is 25.7 Å². The van der Waals surface area contributed by atoms with Crippen molar-refractivity contribution >= 4 is 5.97 Å². The summed E-state index contributed by atoms with van der Waals surface area (Å²) in [6.45, 7) is 8.16. The van der Waals surface area contributed by atoms with Crippen molar-refractivity contribution in [2.24, 2.45) is 5.92 Å². The van der Waals surface area contributed by atoms with Crippen LogP contribution in [-0.2, 0) is 4.79 Å². The fraction of sp³-hybridized carbons (Fsp3) is 0.909. The zero-order valence-electron chi connectivity index (χ0n) is 10.5. The number of carbonyl (C=O) groups is 1. The monoisotopic (exact) mass is 216 g/mol. The SMILES string of the molecule is CC(C)C(C)N(CCN(C)C)CC(=O)O. The predicted molar refractivity (Wildman–Crippen MR) is 62.1 cm³/mol. The predicted octanol–water partition coefficient (Wildman–Crippen LogP) is 0.979. The average Bonchev–Trinajstić information content (AvgIpc) is 2.10. The summed E-state index contributed by atoms with van der Waals surface area (Å²) >= 11 is 0. The molecule has 0 saturated heterocycles. The number of carboxylic acid groups (broad SMARTS) is 1. The van der Waals surface area contributed by atoms with Gasteiger partial charge in [-0.25, -0.2) is 0 Å². The molecule has 1 N–H and O–H groups in total. The van der Waals surface area contributed by atoms with Gasteiger partial charge in [-0.2, -0.15) is 0 Å². The van der Waals surface area contributed by atoms with Gasteiger partial charge in [0.15, 0.2) is 0 Å². The van der Waals surface area contributed by atoms with Crippen LogP contribution in [0.15, 0.2) is 0 Å². The highest BCUT2D eigenvalue weighted by atomic mass is 16.4. The Kier molecular flexibility index (Phi) is 6.52. The number of nitrogens with zero attached hydrogens (tertiary/aromatic N) is 2. The normalized spacial score (nSPS) is 13.9. The van der Waals surface area contributed by atoms with Crippen molar-refractivity contribution in [1.29, 1.82) is 0 Å². The van der Waals surface area contributed by atoms with E-state index in [1.165, 1.54) is 0 Å². The first-order valence-corrected chi connectivity index (χ1v) is 5.45. The molecule has 0 radical (unpaired) electrons. The van der Waals surface area contributed by atoms with Gasteiger partial charge in [0.25, 0.3) is 0 Å². The summed E-state index contributed by atoms with van der Waals surface area (Å²) in [5.41, 5.74) is 0. The minimum atomic E-state index is -0.749. The summed E-state index contributed by atoms with van der Waals surface area (Å²) in [7, 11) is 4.00. The molecule has 1 atom stereocenters. The number of rotatable bonds is 7. The maximum Gasteiger partial charge on any atom is 0.317 e. The van der Waals surface area contributed by atoms with Crippen LogP contribution in [0.1, 0.15) is 20.8 Å². The van der Waals surface area contributed by atoms with Crippen LogP contribution >= 0.6 is 0 Å². The minimum Gasteiger partial charge on any atom is -0.480 e. The van der Waals surface area contributed by atoms with Gasteiger partial charge in [-0.05, 0) is 26.9 Å². The van der Waals surface area contributed by atoms with Crippen LogP contribution in [0, 0.1) is 5.92 Å². The zero-order valence-corrected chi connectivity index (χ0v) is 10.5. The van der Waals surface area contributed by atoms with Gasteiger partial charge in [0.1, 0.15) is 0 Å². The number of hydrogen-bond acceptors (Lipinski definition) is 3. The molecule has 4 nitrogen and oxygen atoms in total. The molecule has 0 rings (SSSR count). The second-order valence-corrected chi connectivity index (χ2v) is 4.65. The van der Waals surface area contributed by atoms with Crippen LogP contribution < -0.4 is 0 Å². The summed E-state index contributed by atoms with van der Waals surface area (Å²) in [6.07, 6.45) is 0. The van der Waals surface area contributed by atoms with Gasteiger partial charge in [0.2, 0.25) is 0 Å². The number of likely N-dealkylation sites (N-methyl/N-ethyl adjacent to an activating group) is 1. The average molecular weight is 216 g/mol. The Morgan fingerprint density at radius 3 is 2.07 bits per heavy atom. The molecule has 0 aromatic carbocycles. The molecule has 0 aromatic heterocycles. The van der Waals surface area contributed by atoms with Crippen LogP contribution in [0.4, 0.5) is 0 Å². The molecule has 0 bridgehead atoms. The lowest BCUT2D eigenvalue weighted by molar-refractivity contribution is -0.139. The third kappa shape index (κ3) is 6.47. The van der Waals surface area contributed by atoms with E-state index in [1.54, 1.807) is 0 Å². The molecule has 0 aliphatic heterocycles. The third-order valence-electron chi connectivity index (χ3n) is 2.71. The summed E-state index contributed by atoms with van der Waals surface area (Å²) in [5.74, 6) is -0.271. The molecule has 90 valence electrons. The highest BCUT2D eigenvalue weighted by molar-refractivity contribution is 5.69. The maximum absolute atomic E-state index is 10.7. The van der Waals surface area contributed by atoms with Crippen molar-refractivity contribution in [3.63, 3.8) is 0 Å². The van der Waals surface area contributed by atoms with Crippen LogP contribution in [-0.4, -0.2) is 60.6 Å². The standard InChI is InChI=1S/C11H24N2O2/c1-9(2)10(3)13(8-11(14)15)7-6-12(4)5/h9-10H,6-8H2,1-5H3,(H,14,15). The Morgan fingerprint density at radius 1 is 1.20 bits per heavy atom. The van der Waals surface area contributed by atoms with Gasteiger partial charge in [-0.15, -0.1) is 0 Å². The zero-order chi connectivity index (χ0) is 12.0. The molecule has 4 heteroatoms. The Morgan fingerprint density at radius 2 is 1.73 bits per heavy atom. The molecule has 0 amide bonds. The molecule has 15 heavy (non-hydrogen) atoms. The van der Waals surface area contributed by atoms with E-state index in [0.29, 0.717) is 12.0 Å². The van der Waals surface area contributed by atoms with Crippen LogP contribution in [0.3, 0.4) is 0 Å². The van der Waals surface area contributed by atoms with Gasteiger partial charge < -0.3 is 10.0 Å². The largest absolute Gasteiger partial charge is 0.480 e. The van der Waals surface area contributed by atoms with Gasteiger partial charge >= 0.3 is 5.97 Å². The van der Waals surface area contributed by atoms with E-state index in [0.717, 1.165) is 13.1 Å². The molecule has 0 saturated carbocycles. The van der Waals surface area contributed by atoms with E-state index in [1.807, 2.05) is 19.0 Å². The molecule has 0 heterocycles. The third-order valence-corrected chi connectivity index (χ3v) is 2.71. The molecule has 1 unspecified atom stereocenters. The van der Waals surface area contributed by atoms with E-state index < -0.39 is 5.97 Å². The van der Waals surface area contributed by atoms with Crippen molar-refractivity contribution in [2.45, 2.75) is 26.8 Å². The highest BCUT2D eigenvalue weighted by Crippen LogP contribution is 2.09.